The zero-order valence-electron chi connectivity index (χ0n) is 13.7. The number of amides is 1. The molecule has 4 bridgehead atoms. The molecule has 5 heteroatoms. The van der Waals surface area contributed by atoms with Gasteiger partial charge in [-0.2, -0.15) is 0 Å². The summed E-state index contributed by atoms with van der Waals surface area (Å²) < 4.78 is 5.77. The largest absolute Gasteiger partial charge is 0.464 e. The van der Waals surface area contributed by atoms with E-state index in [2.05, 4.69) is 15.9 Å². The Balaban J connectivity index is 1.29. The number of nitrogens with zero attached hydrogens (tertiary/aromatic N) is 1. The molecule has 4 nitrogen and oxygen atoms in total. The van der Waals surface area contributed by atoms with Crippen LogP contribution < -0.4 is 0 Å². The van der Waals surface area contributed by atoms with Gasteiger partial charge in [-0.1, -0.05) is 15.9 Å². The van der Waals surface area contributed by atoms with Gasteiger partial charge >= 0.3 is 5.97 Å². The summed E-state index contributed by atoms with van der Waals surface area (Å²) in [5.41, 5.74) is 0.175. The van der Waals surface area contributed by atoms with E-state index in [-0.39, 0.29) is 17.3 Å². The molecule has 5 fully saturated rings. The van der Waals surface area contributed by atoms with Gasteiger partial charge in [0.25, 0.3) is 0 Å². The molecule has 0 N–H and O–H groups in total. The lowest BCUT2D eigenvalue weighted by molar-refractivity contribution is -0.152. The van der Waals surface area contributed by atoms with E-state index >= 15 is 0 Å². The lowest BCUT2D eigenvalue weighted by Gasteiger charge is -2.60. The van der Waals surface area contributed by atoms with E-state index in [0.29, 0.717) is 30.3 Å². The molecule has 1 heterocycles. The van der Waals surface area contributed by atoms with Crippen LogP contribution in [0.3, 0.4) is 0 Å². The first-order chi connectivity index (χ1) is 11.0. The van der Waals surface area contributed by atoms with Gasteiger partial charge in [-0.25, -0.2) is 0 Å². The van der Waals surface area contributed by atoms with Gasteiger partial charge in [-0.15, -0.1) is 0 Å². The molecule has 2 atom stereocenters. The van der Waals surface area contributed by atoms with E-state index in [1.807, 2.05) is 4.90 Å². The lowest BCUT2D eigenvalue weighted by atomic mass is 9.49. The first kappa shape index (κ1) is 15.9. The van der Waals surface area contributed by atoms with Gasteiger partial charge in [0.05, 0.1) is 13.0 Å². The van der Waals surface area contributed by atoms with Gasteiger partial charge < -0.3 is 9.64 Å². The van der Waals surface area contributed by atoms with Crippen molar-refractivity contribution in [3.05, 3.63) is 0 Å². The van der Waals surface area contributed by atoms with Crippen molar-refractivity contribution in [1.82, 2.24) is 4.90 Å². The minimum absolute atomic E-state index is 0.0605. The van der Waals surface area contributed by atoms with Crippen LogP contribution in [0.5, 0.6) is 0 Å². The van der Waals surface area contributed by atoms with Gasteiger partial charge in [-0.05, 0) is 62.2 Å². The molecule has 1 aliphatic heterocycles. The highest BCUT2D eigenvalue weighted by Crippen LogP contribution is 2.65. The van der Waals surface area contributed by atoms with Crippen molar-refractivity contribution >= 4 is 27.8 Å². The first-order valence-electron chi connectivity index (χ1n) is 9.08. The summed E-state index contributed by atoms with van der Waals surface area (Å²) in [6.07, 6.45) is 9.64. The van der Waals surface area contributed by atoms with Gasteiger partial charge in [-0.3, -0.25) is 9.59 Å². The molecule has 0 radical (unpaired) electrons. The van der Waals surface area contributed by atoms with Crippen molar-refractivity contribution in [3.8, 4) is 0 Å². The molecule has 23 heavy (non-hydrogen) atoms. The second kappa shape index (κ2) is 5.75. The van der Waals surface area contributed by atoms with Crippen LogP contribution in [0, 0.1) is 17.3 Å². The zero-order valence-corrected chi connectivity index (χ0v) is 15.3. The average molecular weight is 384 g/mol. The number of esters is 1. The predicted molar refractivity (Wildman–Crippen MR) is 90.2 cm³/mol. The summed E-state index contributed by atoms with van der Waals surface area (Å²) in [6.45, 7) is 1.73. The molecule has 0 unspecified atom stereocenters. The molecule has 1 amide bonds. The number of ether oxygens (including phenoxy) is 1. The number of hydrogen-bond acceptors (Lipinski definition) is 3. The van der Waals surface area contributed by atoms with E-state index in [0.717, 1.165) is 31.2 Å². The fourth-order valence-electron chi connectivity index (χ4n) is 6.11. The Morgan fingerprint density at radius 3 is 2.61 bits per heavy atom. The highest BCUT2D eigenvalue weighted by Gasteiger charge is 2.57. The molecule has 4 saturated carbocycles. The summed E-state index contributed by atoms with van der Waals surface area (Å²) in [6, 6.07) is 0. The van der Waals surface area contributed by atoms with Crippen molar-refractivity contribution < 1.29 is 14.3 Å². The molecule has 0 aromatic rings. The number of carbonyl (C=O) groups is 2. The monoisotopic (exact) mass is 383 g/mol. The summed E-state index contributed by atoms with van der Waals surface area (Å²) in [4.78, 5) is 25.7. The van der Waals surface area contributed by atoms with Crippen LogP contribution in [0.1, 0.15) is 57.8 Å². The maximum atomic E-state index is 12.3. The molecule has 0 aromatic heterocycles. The van der Waals surface area contributed by atoms with Crippen LogP contribution in [0.15, 0.2) is 0 Å². The Bertz CT molecular complexity index is 506. The van der Waals surface area contributed by atoms with Crippen LogP contribution in [0.4, 0.5) is 0 Å². The molecule has 5 aliphatic rings. The number of rotatable bonds is 5. The average Bonchev–Trinajstić information content (AvgIpc) is 2.80. The molecule has 128 valence electrons. The second-order valence-corrected chi connectivity index (χ2v) is 10.2. The van der Waals surface area contributed by atoms with Crippen molar-refractivity contribution in [2.75, 3.05) is 19.7 Å². The summed E-state index contributed by atoms with van der Waals surface area (Å²) in [5.74, 6) is 1.73. The van der Waals surface area contributed by atoms with Crippen molar-refractivity contribution in [3.63, 3.8) is 0 Å². The summed E-state index contributed by atoms with van der Waals surface area (Å²) >= 11 is 3.99. The van der Waals surface area contributed by atoms with E-state index < -0.39 is 0 Å². The number of hydrogen-bond donors (Lipinski definition) is 0. The molecular weight excluding hydrogens is 358 g/mol. The number of halogens is 1. The van der Waals surface area contributed by atoms with Crippen LogP contribution >= 0.6 is 15.9 Å². The fourth-order valence-corrected chi connectivity index (χ4v) is 7.62. The van der Waals surface area contributed by atoms with E-state index in [1.54, 1.807) is 0 Å². The molecular formula is C18H26BrNO3. The Kier molecular flexibility index (Phi) is 3.98. The standard InChI is InChI=1S/C18H26BrNO3/c19-18-9-13-6-14(10-18)8-17(7-13,12-18)11-16(22)23-5-4-20-3-1-2-15(20)21/h13-14H,1-12H2/t13-,14-,17?,18?/m0/s1. The predicted octanol–water partition coefficient (Wildman–Crippen LogP) is 3.28. The normalized spacial score (nSPS) is 41.6. The minimum Gasteiger partial charge on any atom is -0.464 e. The van der Waals surface area contributed by atoms with E-state index in [1.165, 1.54) is 32.1 Å². The van der Waals surface area contributed by atoms with Crippen LogP contribution in [-0.2, 0) is 14.3 Å². The Hall–Kier alpha value is -0.580. The van der Waals surface area contributed by atoms with Gasteiger partial charge in [0, 0.05) is 17.3 Å². The first-order valence-corrected chi connectivity index (χ1v) is 9.87. The second-order valence-electron chi connectivity index (χ2n) is 8.49. The topological polar surface area (TPSA) is 46.6 Å². The van der Waals surface area contributed by atoms with Crippen LogP contribution in [0.25, 0.3) is 0 Å². The fraction of sp³-hybridized carbons (Fsp3) is 0.889. The molecule has 0 spiro atoms. The number of alkyl halides is 1. The molecule has 1 saturated heterocycles. The highest BCUT2D eigenvalue weighted by atomic mass is 79.9. The SMILES string of the molecule is O=C(CC12C[C@@H]3C[C@H](CC(Br)(C3)C1)C2)OCCN1CCCC1=O. The zero-order chi connectivity index (χ0) is 16.1. The summed E-state index contributed by atoms with van der Waals surface area (Å²) in [5, 5.41) is 0. The minimum atomic E-state index is -0.0605. The number of likely N-dealkylation sites (tertiary alicyclic amines) is 1. The molecule has 0 aromatic carbocycles. The van der Waals surface area contributed by atoms with Crippen molar-refractivity contribution in [2.45, 2.75) is 62.1 Å². The highest BCUT2D eigenvalue weighted by molar-refractivity contribution is 9.10. The van der Waals surface area contributed by atoms with Gasteiger partial charge in [0.2, 0.25) is 5.91 Å². The third-order valence-electron chi connectivity index (χ3n) is 6.43. The van der Waals surface area contributed by atoms with Crippen molar-refractivity contribution in [2.24, 2.45) is 17.3 Å². The summed E-state index contributed by atoms with van der Waals surface area (Å²) in [7, 11) is 0. The quantitative estimate of drug-likeness (QED) is 0.540. The van der Waals surface area contributed by atoms with Crippen LogP contribution in [-0.4, -0.2) is 40.8 Å². The Morgan fingerprint density at radius 1 is 1.26 bits per heavy atom. The van der Waals surface area contributed by atoms with Gasteiger partial charge in [0.15, 0.2) is 0 Å². The number of carbonyl (C=O) groups excluding carboxylic acids is 2. The third-order valence-corrected chi connectivity index (χ3v) is 7.35. The van der Waals surface area contributed by atoms with Crippen LogP contribution in [0.2, 0.25) is 0 Å². The molecule has 5 rings (SSSR count). The third kappa shape index (κ3) is 3.18. The van der Waals surface area contributed by atoms with Gasteiger partial charge in [0.1, 0.15) is 6.61 Å². The maximum absolute atomic E-state index is 12.3. The van der Waals surface area contributed by atoms with Crippen molar-refractivity contribution in [1.29, 1.82) is 0 Å². The van der Waals surface area contributed by atoms with E-state index in [9.17, 15) is 9.59 Å². The Labute approximate surface area is 146 Å². The maximum Gasteiger partial charge on any atom is 0.306 e. The smallest absolute Gasteiger partial charge is 0.306 e. The van der Waals surface area contributed by atoms with E-state index in [4.69, 9.17) is 4.74 Å². The lowest BCUT2D eigenvalue weighted by Crippen LogP contribution is -2.53. The Morgan fingerprint density at radius 2 is 2.00 bits per heavy atom. The molecule has 4 aliphatic carbocycles.